The third kappa shape index (κ3) is 10.3. The number of carbonyl (C=O) groups excluding carboxylic acids is 2. The number of hydroxylamine groups is 1. The van der Waals surface area contributed by atoms with Gasteiger partial charge in [-0.15, -0.1) is 0 Å². The summed E-state index contributed by atoms with van der Waals surface area (Å²) in [6, 6.07) is 32.3. The van der Waals surface area contributed by atoms with Crippen LogP contribution in [0.2, 0.25) is 0 Å². The molecule has 5 N–H and O–H groups in total. The Balaban J connectivity index is 0.984. The lowest BCUT2D eigenvalue weighted by Gasteiger charge is -2.40. The van der Waals surface area contributed by atoms with Crippen molar-refractivity contribution < 1.29 is 29.4 Å². The van der Waals surface area contributed by atoms with Crippen molar-refractivity contribution in [3.05, 3.63) is 130 Å². The van der Waals surface area contributed by atoms with Crippen molar-refractivity contribution in [2.24, 2.45) is 0 Å². The number of aliphatic hydroxyl groups excluding tert-OH is 1. The molecule has 0 spiro atoms. The van der Waals surface area contributed by atoms with Crippen molar-refractivity contribution in [1.29, 1.82) is 0 Å². The van der Waals surface area contributed by atoms with Gasteiger partial charge in [0.15, 0.2) is 6.29 Å². The molecule has 2 fully saturated rings. The van der Waals surface area contributed by atoms with Crippen LogP contribution in [-0.4, -0.2) is 62.3 Å². The number of hydrogen-bond donors (Lipinski definition) is 5. The Labute approximate surface area is 332 Å². The van der Waals surface area contributed by atoms with Crippen molar-refractivity contribution in [2.75, 3.05) is 19.6 Å². The number of aromatic nitrogens is 2. The number of imidazole rings is 1. The van der Waals surface area contributed by atoms with Gasteiger partial charge in [0.05, 0.1) is 29.8 Å². The average Bonchev–Trinajstić information content (AvgIpc) is 3.59. The number of rotatable bonds is 16. The first-order valence-corrected chi connectivity index (χ1v) is 20.2. The number of amides is 2. The van der Waals surface area contributed by atoms with Gasteiger partial charge in [0.1, 0.15) is 0 Å². The number of H-pyrrole nitrogens is 1. The van der Waals surface area contributed by atoms with Crippen LogP contribution in [0.4, 0.5) is 0 Å². The van der Waals surface area contributed by atoms with E-state index in [1.54, 1.807) is 5.48 Å². The number of para-hydroxylation sites is 2. The van der Waals surface area contributed by atoms with E-state index in [0.717, 1.165) is 96.2 Å². The topological polar surface area (TPSA) is 158 Å². The number of fused-ring (bicyclic) bond motifs is 1. The summed E-state index contributed by atoms with van der Waals surface area (Å²) >= 11 is 0. The summed E-state index contributed by atoms with van der Waals surface area (Å²) in [4.78, 5) is 42.1. The minimum atomic E-state index is -0.580. The summed E-state index contributed by atoms with van der Waals surface area (Å²) in [5.74, 6) is -0.397. The Bertz CT molecular complexity index is 2140. The monoisotopic (exact) mass is 775 g/mol. The summed E-state index contributed by atoms with van der Waals surface area (Å²) in [5.41, 5.74) is 9.31. The highest BCUT2D eigenvalue weighted by Crippen LogP contribution is 2.39. The first-order valence-electron chi connectivity index (χ1n) is 20.2. The zero-order valence-corrected chi connectivity index (χ0v) is 32.3. The van der Waals surface area contributed by atoms with Crippen molar-refractivity contribution in [2.45, 2.75) is 95.5 Å². The highest BCUT2D eigenvalue weighted by molar-refractivity contribution is 5.77. The smallest absolute Gasteiger partial charge is 0.326 e. The molecule has 2 aliphatic heterocycles. The SMILES string of the molecule is O=C(CCCCCCC(=O)NCc1ccccc1-c1ccc([C@H]2O[C@@H](CN3CCC(n4c(=O)[nH]c5ccccc54)CC3)C[C@@H](c3ccc(CO)cc3)O2)cc1)NO. The number of aromatic amines is 1. The van der Waals surface area contributed by atoms with Gasteiger partial charge < -0.3 is 29.8 Å². The molecule has 57 heavy (non-hydrogen) atoms. The molecule has 0 saturated carbocycles. The molecule has 5 aromatic rings. The molecule has 0 bridgehead atoms. The molecule has 12 heteroatoms. The lowest BCUT2D eigenvalue weighted by atomic mass is 9.97. The van der Waals surface area contributed by atoms with Crippen LogP contribution < -0.4 is 16.5 Å². The van der Waals surface area contributed by atoms with E-state index in [2.05, 4.69) is 45.5 Å². The quantitative estimate of drug-likeness (QED) is 0.0415. The lowest BCUT2D eigenvalue weighted by Crippen LogP contribution is -2.43. The second-order valence-corrected chi connectivity index (χ2v) is 15.2. The third-order valence-corrected chi connectivity index (χ3v) is 11.3. The maximum atomic E-state index is 12.9. The number of hydrogen-bond acceptors (Lipinski definition) is 8. The number of nitrogens with one attached hydrogen (secondary N) is 3. The van der Waals surface area contributed by atoms with E-state index >= 15 is 0 Å². The molecule has 0 radical (unpaired) electrons. The van der Waals surface area contributed by atoms with Crippen LogP contribution in [0.3, 0.4) is 0 Å². The van der Waals surface area contributed by atoms with Gasteiger partial charge in [0.25, 0.3) is 0 Å². The highest BCUT2D eigenvalue weighted by Gasteiger charge is 2.34. The van der Waals surface area contributed by atoms with Crippen LogP contribution in [-0.2, 0) is 32.2 Å². The van der Waals surface area contributed by atoms with Crippen LogP contribution in [0.15, 0.2) is 102 Å². The fourth-order valence-corrected chi connectivity index (χ4v) is 8.16. The molecule has 0 unspecified atom stereocenters. The molecule has 4 aromatic carbocycles. The van der Waals surface area contributed by atoms with Crippen molar-refractivity contribution in [3.63, 3.8) is 0 Å². The predicted molar refractivity (Wildman–Crippen MR) is 217 cm³/mol. The number of benzene rings is 4. The van der Waals surface area contributed by atoms with E-state index < -0.39 is 6.29 Å². The number of nitrogens with zero attached hydrogens (tertiary/aromatic N) is 2. The van der Waals surface area contributed by atoms with Gasteiger partial charge in [-0.05, 0) is 65.6 Å². The number of likely N-dealkylation sites (tertiary alicyclic amines) is 1. The Morgan fingerprint density at radius 1 is 0.789 bits per heavy atom. The zero-order valence-electron chi connectivity index (χ0n) is 32.3. The molecule has 3 atom stereocenters. The van der Waals surface area contributed by atoms with Gasteiger partial charge in [-0.25, -0.2) is 10.3 Å². The van der Waals surface area contributed by atoms with Crippen LogP contribution in [0.25, 0.3) is 22.2 Å². The molecule has 2 amide bonds. The summed E-state index contributed by atoms with van der Waals surface area (Å²) in [6.07, 6.45) is 5.37. The first kappa shape index (κ1) is 40.1. The van der Waals surface area contributed by atoms with Crippen LogP contribution in [0, 0.1) is 0 Å². The molecule has 2 aliphatic rings. The predicted octanol–water partition coefficient (Wildman–Crippen LogP) is 6.83. The van der Waals surface area contributed by atoms with Gasteiger partial charge in [-0.2, -0.15) is 0 Å². The van der Waals surface area contributed by atoms with E-state index in [1.165, 1.54) is 0 Å². The third-order valence-electron chi connectivity index (χ3n) is 11.3. The summed E-state index contributed by atoms with van der Waals surface area (Å²) in [6.45, 7) is 2.87. The van der Waals surface area contributed by atoms with Crippen LogP contribution >= 0.6 is 0 Å². The molecule has 7 rings (SSSR count). The Hall–Kier alpha value is -5.11. The van der Waals surface area contributed by atoms with E-state index in [-0.39, 0.29) is 48.8 Å². The van der Waals surface area contributed by atoms with Gasteiger partial charge in [-0.1, -0.05) is 97.8 Å². The molecule has 1 aromatic heterocycles. The number of ether oxygens (including phenoxy) is 2. The molecule has 12 nitrogen and oxygen atoms in total. The molecule has 2 saturated heterocycles. The average molecular weight is 776 g/mol. The van der Waals surface area contributed by atoms with Gasteiger partial charge in [0.2, 0.25) is 11.8 Å². The fourth-order valence-electron chi connectivity index (χ4n) is 8.16. The second-order valence-electron chi connectivity index (χ2n) is 15.2. The number of piperidine rings is 1. The number of unbranched alkanes of at least 4 members (excludes halogenated alkanes) is 3. The highest BCUT2D eigenvalue weighted by atomic mass is 16.7. The summed E-state index contributed by atoms with van der Waals surface area (Å²) in [7, 11) is 0. The van der Waals surface area contributed by atoms with Crippen LogP contribution in [0.1, 0.15) is 98.5 Å². The molecule has 0 aliphatic carbocycles. The van der Waals surface area contributed by atoms with E-state index in [4.69, 9.17) is 14.7 Å². The van der Waals surface area contributed by atoms with Crippen molar-refractivity contribution in [3.8, 4) is 11.1 Å². The van der Waals surface area contributed by atoms with Gasteiger partial charge in [-0.3, -0.25) is 19.4 Å². The molecular formula is C45H53N5O7. The Morgan fingerprint density at radius 2 is 1.47 bits per heavy atom. The maximum absolute atomic E-state index is 12.9. The molecule has 3 heterocycles. The minimum absolute atomic E-state index is 0.0101. The van der Waals surface area contributed by atoms with E-state index in [1.807, 2.05) is 71.3 Å². The normalized spacial score (nSPS) is 19.1. The number of aliphatic hydroxyl groups is 1. The van der Waals surface area contributed by atoms with Gasteiger partial charge in [0, 0.05) is 57.0 Å². The largest absolute Gasteiger partial charge is 0.392 e. The summed E-state index contributed by atoms with van der Waals surface area (Å²) in [5, 5.41) is 21.3. The standard InChI is InChI=1S/C45H53N5O7/c51-30-31-15-17-33(18-16-31)41-27-37(29-49-25-23-36(24-26-49)50-40-12-8-7-11-39(40)47-45(50)54)56-44(57-41)34-21-19-32(20-22-34)38-10-6-5-9-35(38)28-46-42(52)13-3-1-2-4-14-43(53)48-55/h5-12,15-22,36-37,41,44,51,55H,1-4,13-14,23-30H2,(H,46,52)(H,47,54)(H,48,53)/t37-,41+,44+/m1/s1. The molecule has 300 valence electrons. The van der Waals surface area contributed by atoms with E-state index in [9.17, 15) is 19.5 Å². The van der Waals surface area contributed by atoms with E-state index in [0.29, 0.717) is 25.8 Å². The fraction of sp³-hybridized carbons (Fsp3) is 0.400. The zero-order chi connectivity index (χ0) is 39.6. The Morgan fingerprint density at radius 3 is 2.21 bits per heavy atom. The minimum Gasteiger partial charge on any atom is -0.392 e. The lowest BCUT2D eigenvalue weighted by molar-refractivity contribution is -0.253. The number of carbonyl (C=O) groups is 2. The van der Waals surface area contributed by atoms with Crippen molar-refractivity contribution in [1.82, 2.24) is 25.2 Å². The Kier molecular flexibility index (Phi) is 13.6. The van der Waals surface area contributed by atoms with Crippen LogP contribution in [0.5, 0.6) is 0 Å². The maximum Gasteiger partial charge on any atom is 0.326 e. The van der Waals surface area contributed by atoms with Gasteiger partial charge >= 0.3 is 5.69 Å². The summed E-state index contributed by atoms with van der Waals surface area (Å²) < 4.78 is 15.3. The second kappa shape index (κ2) is 19.4. The first-order chi connectivity index (χ1) is 27.9. The van der Waals surface area contributed by atoms with Crippen molar-refractivity contribution >= 4 is 22.8 Å². The molecular weight excluding hydrogens is 723 g/mol.